The molecular weight excluding hydrogens is 352 g/mol. The smallest absolute Gasteiger partial charge is 0.230 e. The van der Waals surface area contributed by atoms with Gasteiger partial charge in [0, 0.05) is 32.4 Å². The van der Waals surface area contributed by atoms with Gasteiger partial charge in [-0.2, -0.15) is 15.0 Å². The van der Waals surface area contributed by atoms with E-state index < -0.39 is 0 Å². The van der Waals surface area contributed by atoms with Crippen LogP contribution in [0, 0.1) is 0 Å². The number of hydrogen-bond acceptors (Lipinski definition) is 7. The van der Waals surface area contributed by atoms with Gasteiger partial charge in [0.15, 0.2) is 5.82 Å². The number of nitrogens with zero attached hydrogens (tertiary/aromatic N) is 6. The molecule has 2 saturated heterocycles. The molecule has 8 heteroatoms. The van der Waals surface area contributed by atoms with Crippen molar-refractivity contribution in [3.63, 3.8) is 0 Å². The maximum Gasteiger partial charge on any atom is 0.230 e. The average molecular weight is 375 g/mol. The summed E-state index contributed by atoms with van der Waals surface area (Å²) in [7, 11) is 0. The Morgan fingerprint density at radius 2 is 1.46 bits per heavy atom. The standard InChI is InChI=1S/C18H23ClN6O/c19-14-5-6-15(20-13-14)16-21-17(24-7-3-1-2-4-8-24)23-18(22-16)25-9-11-26-12-10-25/h5-6,13H,1-4,7-12H2. The normalized spacial score (nSPS) is 18.7. The lowest BCUT2D eigenvalue weighted by Gasteiger charge is -2.28. The number of ether oxygens (including phenoxy) is 1. The van der Waals surface area contributed by atoms with Crippen LogP contribution >= 0.6 is 11.6 Å². The molecule has 0 unspecified atom stereocenters. The van der Waals surface area contributed by atoms with Crippen molar-refractivity contribution in [3.8, 4) is 11.5 Å². The molecule has 26 heavy (non-hydrogen) atoms. The second-order valence-electron chi connectivity index (χ2n) is 6.62. The topological polar surface area (TPSA) is 67.3 Å². The second-order valence-corrected chi connectivity index (χ2v) is 7.06. The van der Waals surface area contributed by atoms with Crippen molar-refractivity contribution < 1.29 is 4.74 Å². The summed E-state index contributed by atoms with van der Waals surface area (Å²) in [5.74, 6) is 2.04. The third-order valence-corrected chi connectivity index (χ3v) is 4.97. The summed E-state index contributed by atoms with van der Waals surface area (Å²) in [5.41, 5.74) is 0.711. The lowest BCUT2D eigenvalue weighted by Crippen LogP contribution is -2.38. The molecule has 2 aliphatic heterocycles. The van der Waals surface area contributed by atoms with E-state index in [4.69, 9.17) is 31.3 Å². The van der Waals surface area contributed by atoms with E-state index in [-0.39, 0.29) is 0 Å². The first-order valence-electron chi connectivity index (χ1n) is 9.25. The summed E-state index contributed by atoms with van der Waals surface area (Å²) in [6.45, 7) is 4.94. The molecule has 0 atom stereocenters. The number of halogens is 1. The molecule has 2 fully saturated rings. The number of anilines is 2. The maximum atomic E-state index is 5.98. The monoisotopic (exact) mass is 374 g/mol. The Bertz CT molecular complexity index is 727. The third kappa shape index (κ3) is 4.04. The minimum atomic E-state index is 0.595. The molecule has 0 saturated carbocycles. The van der Waals surface area contributed by atoms with Crippen LogP contribution < -0.4 is 9.80 Å². The Hall–Kier alpha value is -1.99. The third-order valence-electron chi connectivity index (χ3n) is 4.75. The SMILES string of the molecule is Clc1ccc(-c2nc(N3CCCCCC3)nc(N3CCOCC3)n2)nc1. The maximum absolute atomic E-state index is 5.98. The van der Waals surface area contributed by atoms with E-state index in [1.54, 1.807) is 6.20 Å². The highest BCUT2D eigenvalue weighted by Gasteiger charge is 2.20. The van der Waals surface area contributed by atoms with E-state index in [9.17, 15) is 0 Å². The number of hydrogen-bond donors (Lipinski definition) is 0. The molecule has 2 aromatic heterocycles. The van der Waals surface area contributed by atoms with E-state index >= 15 is 0 Å². The van der Waals surface area contributed by atoms with E-state index in [0.717, 1.165) is 32.1 Å². The van der Waals surface area contributed by atoms with Crippen LogP contribution in [0.4, 0.5) is 11.9 Å². The van der Waals surface area contributed by atoms with Gasteiger partial charge in [0.2, 0.25) is 11.9 Å². The Balaban J connectivity index is 1.71. The predicted octanol–water partition coefficient (Wildman–Crippen LogP) is 2.80. The van der Waals surface area contributed by atoms with Gasteiger partial charge < -0.3 is 14.5 Å². The van der Waals surface area contributed by atoms with E-state index in [2.05, 4.69) is 14.8 Å². The molecule has 2 aliphatic rings. The van der Waals surface area contributed by atoms with Crippen molar-refractivity contribution in [1.82, 2.24) is 19.9 Å². The zero-order valence-corrected chi connectivity index (χ0v) is 15.5. The van der Waals surface area contributed by atoms with Gasteiger partial charge in [-0.3, -0.25) is 4.98 Å². The van der Waals surface area contributed by atoms with Crippen LogP contribution in [-0.2, 0) is 4.74 Å². The molecule has 138 valence electrons. The Morgan fingerprint density at radius 3 is 2.08 bits per heavy atom. The molecule has 2 aromatic rings. The second kappa shape index (κ2) is 8.14. The molecule has 4 heterocycles. The number of rotatable bonds is 3. The molecule has 0 amide bonds. The fraction of sp³-hybridized carbons (Fsp3) is 0.556. The Morgan fingerprint density at radius 1 is 0.808 bits per heavy atom. The molecule has 0 N–H and O–H groups in total. The highest BCUT2D eigenvalue weighted by atomic mass is 35.5. The minimum Gasteiger partial charge on any atom is -0.378 e. The fourth-order valence-corrected chi connectivity index (χ4v) is 3.41. The van der Waals surface area contributed by atoms with Gasteiger partial charge in [-0.15, -0.1) is 0 Å². The molecule has 7 nitrogen and oxygen atoms in total. The molecule has 0 bridgehead atoms. The summed E-state index contributed by atoms with van der Waals surface area (Å²) >= 11 is 5.98. The Labute approximate surface area is 158 Å². The van der Waals surface area contributed by atoms with Crippen molar-refractivity contribution in [1.29, 1.82) is 0 Å². The van der Waals surface area contributed by atoms with Crippen LogP contribution in [0.1, 0.15) is 25.7 Å². The largest absolute Gasteiger partial charge is 0.378 e. The highest BCUT2D eigenvalue weighted by molar-refractivity contribution is 6.30. The van der Waals surface area contributed by atoms with Gasteiger partial charge >= 0.3 is 0 Å². The molecule has 0 radical (unpaired) electrons. The lowest BCUT2D eigenvalue weighted by molar-refractivity contribution is 0.122. The van der Waals surface area contributed by atoms with Gasteiger partial charge in [-0.1, -0.05) is 24.4 Å². The molecule has 0 aliphatic carbocycles. The van der Waals surface area contributed by atoms with Crippen molar-refractivity contribution in [3.05, 3.63) is 23.4 Å². The summed E-state index contributed by atoms with van der Waals surface area (Å²) in [4.78, 5) is 23.0. The van der Waals surface area contributed by atoms with Gasteiger partial charge in [0.25, 0.3) is 0 Å². The van der Waals surface area contributed by atoms with Crippen LogP contribution in [0.2, 0.25) is 5.02 Å². The average Bonchev–Trinajstić information content (AvgIpc) is 2.98. The molecule has 0 aromatic carbocycles. The lowest BCUT2D eigenvalue weighted by atomic mass is 10.2. The number of pyridine rings is 1. The summed E-state index contributed by atoms with van der Waals surface area (Å²) in [6, 6.07) is 3.67. The van der Waals surface area contributed by atoms with Crippen LogP contribution in [0.3, 0.4) is 0 Å². The van der Waals surface area contributed by atoms with Crippen molar-refractivity contribution >= 4 is 23.5 Å². The minimum absolute atomic E-state index is 0.595. The van der Waals surface area contributed by atoms with Crippen LogP contribution in [-0.4, -0.2) is 59.3 Å². The van der Waals surface area contributed by atoms with E-state index in [1.165, 1.54) is 25.7 Å². The van der Waals surface area contributed by atoms with E-state index in [0.29, 0.717) is 35.7 Å². The quantitative estimate of drug-likeness (QED) is 0.818. The number of morpholine rings is 1. The zero-order chi connectivity index (χ0) is 17.8. The summed E-state index contributed by atoms with van der Waals surface area (Å²) in [5, 5.41) is 0.601. The van der Waals surface area contributed by atoms with Gasteiger partial charge in [-0.25, -0.2) is 0 Å². The first-order chi connectivity index (χ1) is 12.8. The Kier molecular flexibility index (Phi) is 5.45. The zero-order valence-electron chi connectivity index (χ0n) is 14.8. The number of aromatic nitrogens is 4. The first kappa shape index (κ1) is 17.4. The van der Waals surface area contributed by atoms with Gasteiger partial charge in [0.1, 0.15) is 5.69 Å². The molecule has 4 rings (SSSR count). The highest BCUT2D eigenvalue weighted by Crippen LogP contribution is 2.23. The fourth-order valence-electron chi connectivity index (χ4n) is 3.29. The summed E-state index contributed by atoms with van der Waals surface area (Å²) in [6.07, 6.45) is 6.51. The van der Waals surface area contributed by atoms with Gasteiger partial charge in [0.05, 0.1) is 18.2 Å². The summed E-state index contributed by atoms with van der Waals surface area (Å²) < 4.78 is 5.46. The van der Waals surface area contributed by atoms with Crippen molar-refractivity contribution in [2.75, 3.05) is 49.2 Å². The van der Waals surface area contributed by atoms with Crippen LogP contribution in [0.25, 0.3) is 11.5 Å². The van der Waals surface area contributed by atoms with Crippen LogP contribution in [0.5, 0.6) is 0 Å². The van der Waals surface area contributed by atoms with Crippen molar-refractivity contribution in [2.24, 2.45) is 0 Å². The first-order valence-corrected chi connectivity index (χ1v) is 9.63. The molecule has 0 spiro atoms. The van der Waals surface area contributed by atoms with Crippen molar-refractivity contribution in [2.45, 2.75) is 25.7 Å². The predicted molar refractivity (Wildman–Crippen MR) is 102 cm³/mol. The van der Waals surface area contributed by atoms with Crippen LogP contribution in [0.15, 0.2) is 18.3 Å². The van der Waals surface area contributed by atoms with Gasteiger partial charge in [-0.05, 0) is 25.0 Å². The molecular formula is C18H23ClN6O. The van der Waals surface area contributed by atoms with E-state index in [1.807, 2.05) is 12.1 Å².